The Kier molecular flexibility index (Phi) is 5.42. The standard InChI is InChI=1S/C20H19N3O6S/c24-23(25)18-13-16(30(26,27)21-15-5-2-1-3-6-15)8-9-17(18)22-10-12-29-20(14-22)19-7-4-11-28-19/h1-9,11,13,20-21H,10,12,14H2. The summed E-state index contributed by atoms with van der Waals surface area (Å²) in [5.74, 6) is 0.633. The molecule has 4 rings (SSSR count). The van der Waals surface area contributed by atoms with Crippen molar-refractivity contribution in [1.29, 1.82) is 0 Å². The summed E-state index contributed by atoms with van der Waals surface area (Å²) < 4.78 is 38.9. The number of para-hydroxylation sites is 1. The Morgan fingerprint density at radius 3 is 2.60 bits per heavy atom. The Labute approximate surface area is 173 Å². The topological polar surface area (TPSA) is 115 Å². The molecular formula is C20H19N3O6S. The first-order valence-electron chi connectivity index (χ1n) is 9.20. The van der Waals surface area contributed by atoms with Crippen LogP contribution in [0, 0.1) is 10.1 Å². The fraction of sp³-hybridized carbons (Fsp3) is 0.200. The van der Waals surface area contributed by atoms with Gasteiger partial charge >= 0.3 is 0 Å². The number of hydrogen-bond acceptors (Lipinski definition) is 7. The van der Waals surface area contributed by atoms with Crippen molar-refractivity contribution in [3.8, 4) is 0 Å². The maximum Gasteiger partial charge on any atom is 0.293 e. The molecule has 2 heterocycles. The molecule has 2 aromatic carbocycles. The van der Waals surface area contributed by atoms with Crippen molar-refractivity contribution in [3.63, 3.8) is 0 Å². The quantitative estimate of drug-likeness (QED) is 0.470. The normalized spacial score (nSPS) is 16.9. The van der Waals surface area contributed by atoms with Gasteiger partial charge in [-0.3, -0.25) is 14.8 Å². The Balaban J connectivity index is 1.63. The smallest absolute Gasteiger partial charge is 0.293 e. The molecule has 0 amide bonds. The van der Waals surface area contributed by atoms with Crippen molar-refractivity contribution in [3.05, 3.63) is 82.8 Å². The molecule has 0 radical (unpaired) electrons. The van der Waals surface area contributed by atoms with Crippen molar-refractivity contribution in [2.24, 2.45) is 0 Å². The monoisotopic (exact) mass is 429 g/mol. The van der Waals surface area contributed by atoms with E-state index in [1.807, 2.05) is 0 Å². The Hall–Kier alpha value is -3.37. The molecule has 156 valence electrons. The number of sulfonamides is 1. The largest absolute Gasteiger partial charge is 0.467 e. The van der Waals surface area contributed by atoms with E-state index >= 15 is 0 Å². The first-order chi connectivity index (χ1) is 14.4. The molecule has 0 spiro atoms. The number of nitro groups is 1. The van der Waals surface area contributed by atoms with Crippen molar-refractivity contribution >= 4 is 27.1 Å². The molecule has 1 fully saturated rings. The molecule has 0 bridgehead atoms. The maximum absolute atomic E-state index is 12.7. The second-order valence-corrected chi connectivity index (χ2v) is 8.38. The van der Waals surface area contributed by atoms with E-state index in [4.69, 9.17) is 9.15 Å². The van der Waals surface area contributed by atoms with E-state index < -0.39 is 14.9 Å². The highest BCUT2D eigenvalue weighted by Crippen LogP contribution is 2.34. The summed E-state index contributed by atoms with van der Waals surface area (Å²) in [4.78, 5) is 12.8. The zero-order valence-electron chi connectivity index (χ0n) is 15.8. The van der Waals surface area contributed by atoms with Crippen LogP contribution in [0.5, 0.6) is 0 Å². The van der Waals surface area contributed by atoms with E-state index in [9.17, 15) is 18.5 Å². The Morgan fingerprint density at radius 1 is 1.10 bits per heavy atom. The van der Waals surface area contributed by atoms with E-state index in [1.165, 1.54) is 12.1 Å². The van der Waals surface area contributed by atoms with Crippen LogP contribution in [-0.2, 0) is 14.8 Å². The van der Waals surface area contributed by atoms with Gasteiger partial charge in [-0.15, -0.1) is 0 Å². The van der Waals surface area contributed by atoms with Crippen LogP contribution >= 0.6 is 0 Å². The summed E-state index contributed by atoms with van der Waals surface area (Å²) >= 11 is 0. The average molecular weight is 429 g/mol. The average Bonchev–Trinajstić information content (AvgIpc) is 3.29. The van der Waals surface area contributed by atoms with Crippen LogP contribution in [0.1, 0.15) is 11.9 Å². The number of nitro benzene ring substituents is 1. The van der Waals surface area contributed by atoms with E-state index in [0.717, 1.165) is 6.07 Å². The Morgan fingerprint density at radius 2 is 1.90 bits per heavy atom. The van der Waals surface area contributed by atoms with E-state index in [2.05, 4.69) is 4.72 Å². The van der Waals surface area contributed by atoms with Crippen LogP contribution in [0.3, 0.4) is 0 Å². The fourth-order valence-corrected chi connectivity index (χ4v) is 4.40. The maximum atomic E-state index is 12.7. The number of anilines is 2. The van der Waals surface area contributed by atoms with Gasteiger partial charge < -0.3 is 14.1 Å². The van der Waals surface area contributed by atoms with Gasteiger partial charge in [-0.1, -0.05) is 18.2 Å². The number of furan rings is 1. The highest BCUT2D eigenvalue weighted by Gasteiger charge is 2.30. The molecule has 1 unspecified atom stereocenters. The number of morpholine rings is 1. The van der Waals surface area contributed by atoms with Gasteiger partial charge in [-0.05, 0) is 36.4 Å². The highest BCUT2D eigenvalue weighted by molar-refractivity contribution is 7.92. The molecule has 1 aliphatic heterocycles. The highest BCUT2D eigenvalue weighted by atomic mass is 32.2. The summed E-state index contributed by atoms with van der Waals surface area (Å²) in [6, 6.07) is 15.8. The molecule has 1 N–H and O–H groups in total. The fourth-order valence-electron chi connectivity index (χ4n) is 3.32. The number of nitrogens with zero attached hydrogens (tertiary/aromatic N) is 2. The molecule has 1 atom stereocenters. The van der Waals surface area contributed by atoms with Crippen molar-refractivity contribution < 1.29 is 22.5 Å². The zero-order chi connectivity index (χ0) is 21.1. The van der Waals surface area contributed by atoms with Crippen LogP contribution in [0.4, 0.5) is 17.1 Å². The summed E-state index contributed by atoms with van der Waals surface area (Å²) in [5.41, 5.74) is 0.420. The first-order valence-corrected chi connectivity index (χ1v) is 10.7. The molecular weight excluding hydrogens is 410 g/mol. The number of benzene rings is 2. The molecule has 3 aromatic rings. The van der Waals surface area contributed by atoms with Gasteiger partial charge in [0.25, 0.3) is 15.7 Å². The van der Waals surface area contributed by atoms with Crippen molar-refractivity contribution in [2.75, 3.05) is 29.3 Å². The number of ether oxygens (including phenoxy) is 1. The summed E-state index contributed by atoms with van der Waals surface area (Å²) in [6.07, 6.45) is 1.18. The molecule has 10 heteroatoms. The summed E-state index contributed by atoms with van der Waals surface area (Å²) in [6.45, 7) is 1.15. The summed E-state index contributed by atoms with van der Waals surface area (Å²) in [7, 11) is -3.98. The molecule has 0 saturated carbocycles. The SMILES string of the molecule is O=[N+]([O-])c1cc(S(=O)(=O)Nc2ccccc2)ccc1N1CCOC(c2ccco2)C1. The third-order valence-corrected chi connectivity index (χ3v) is 6.13. The third-order valence-electron chi connectivity index (χ3n) is 4.75. The van der Waals surface area contributed by atoms with Crippen LogP contribution in [-0.4, -0.2) is 33.0 Å². The van der Waals surface area contributed by atoms with E-state index in [0.29, 0.717) is 36.8 Å². The summed E-state index contributed by atoms with van der Waals surface area (Å²) in [5, 5.41) is 11.7. The lowest BCUT2D eigenvalue weighted by atomic mass is 10.1. The number of hydrogen-bond donors (Lipinski definition) is 1. The molecule has 1 aromatic heterocycles. The zero-order valence-corrected chi connectivity index (χ0v) is 16.6. The minimum Gasteiger partial charge on any atom is -0.467 e. The van der Waals surface area contributed by atoms with Crippen LogP contribution in [0.15, 0.2) is 76.2 Å². The lowest BCUT2D eigenvalue weighted by Crippen LogP contribution is -2.38. The van der Waals surface area contributed by atoms with Gasteiger partial charge in [0.2, 0.25) is 0 Å². The molecule has 1 saturated heterocycles. The van der Waals surface area contributed by atoms with Gasteiger partial charge in [0.15, 0.2) is 0 Å². The second kappa shape index (κ2) is 8.17. The molecule has 1 aliphatic rings. The molecule has 30 heavy (non-hydrogen) atoms. The van der Waals surface area contributed by atoms with Crippen LogP contribution < -0.4 is 9.62 Å². The van der Waals surface area contributed by atoms with Gasteiger partial charge in [-0.25, -0.2) is 8.42 Å². The number of rotatable bonds is 6. The lowest BCUT2D eigenvalue weighted by molar-refractivity contribution is -0.384. The second-order valence-electron chi connectivity index (χ2n) is 6.70. The van der Waals surface area contributed by atoms with Gasteiger partial charge in [-0.2, -0.15) is 0 Å². The van der Waals surface area contributed by atoms with Gasteiger partial charge in [0.1, 0.15) is 17.6 Å². The van der Waals surface area contributed by atoms with E-state index in [-0.39, 0.29) is 16.7 Å². The lowest BCUT2D eigenvalue weighted by Gasteiger charge is -2.33. The first kappa shape index (κ1) is 19.9. The van der Waals surface area contributed by atoms with E-state index in [1.54, 1.807) is 53.6 Å². The predicted octanol–water partition coefficient (Wildman–Crippen LogP) is 3.57. The number of nitrogens with one attached hydrogen (secondary N) is 1. The third kappa shape index (κ3) is 4.14. The molecule has 9 nitrogen and oxygen atoms in total. The van der Waals surface area contributed by atoms with Crippen molar-refractivity contribution in [2.45, 2.75) is 11.0 Å². The Bertz CT molecular complexity index is 1130. The van der Waals surface area contributed by atoms with Gasteiger partial charge in [0.05, 0.1) is 29.2 Å². The minimum absolute atomic E-state index is 0.183. The van der Waals surface area contributed by atoms with Crippen LogP contribution in [0.25, 0.3) is 0 Å². The van der Waals surface area contributed by atoms with Crippen LogP contribution in [0.2, 0.25) is 0 Å². The predicted molar refractivity (Wildman–Crippen MR) is 110 cm³/mol. The minimum atomic E-state index is -3.98. The molecule has 0 aliphatic carbocycles. The van der Waals surface area contributed by atoms with Gasteiger partial charge in [0, 0.05) is 18.3 Å². The van der Waals surface area contributed by atoms with Crippen molar-refractivity contribution in [1.82, 2.24) is 0 Å².